The summed E-state index contributed by atoms with van der Waals surface area (Å²) in [6.07, 6.45) is 0.830. The monoisotopic (exact) mass is 415 g/mol. The molecule has 0 saturated carbocycles. The van der Waals surface area contributed by atoms with Gasteiger partial charge in [-0.2, -0.15) is 4.98 Å². The zero-order valence-electron chi connectivity index (χ0n) is 16.8. The summed E-state index contributed by atoms with van der Waals surface area (Å²) in [5, 5.41) is 2.99. The lowest BCUT2D eigenvalue weighted by molar-refractivity contribution is 0.404. The standard InChI is InChI=1S/C21H25N3O4S/c1-24(2)15-7-14-22-20-21(29(25,26)18-8-5-4-6-9-18)23-19(28-20)16-10-12-17(27-3)13-11-16/h4-6,8-13,22H,7,14-15H2,1-3H3. The van der Waals surface area contributed by atoms with Gasteiger partial charge >= 0.3 is 0 Å². The third kappa shape index (κ3) is 4.96. The van der Waals surface area contributed by atoms with Crippen molar-refractivity contribution in [2.24, 2.45) is 0 Å². The predicted molar refractivity (Wildman–Crippen MR) is 112 cm³/mol. The maximum absolute atomic E-state index is 13.1. The van der Waals surface area contributed by atoms with Gasteiger partial charge in [-0.3, -0.25) is 0 Å². The van der Waals surface area contributed by atoms with Gasteiger partial charge in [-0.05, 0) is 63.5 Å². The number of hydrogen-bond donors (Lipinski definition) is 1. The molecule has 154 valence electrons. The Labute approximate surface area is 171 Å². The van der Waals surface area contributed by atoms with Crippen molar-refractivity contribution < 1.29 is 17.6 Å². The number of methoxy groups -OCH3 is 1. The van der Waals surface area contributed by atoms with Crippen molar-refractivity contribution >= 4 is 15.7 Å². The molecule has 29 heavy (non-hydrogen) atoms. The quantitative estimate of drug-likeness (QED) is 0.535. The van der Waals surface area contributed by atoms with Gasteiger partial charge < -0.3 is 19.4 Å². The fraction of sp³-hybridized carbons (Fsp3) is 0.286. The molecule has 3 aromatic rings. The van der Waals surface area contributed by atoms with Crippen LogP contribution in [0.25, 0.3) is 11.5 Å². The second-order valence-electron chi connectivity index (χ2n) is 6.78. The molecule has 1 heterocycles. The van der Waals surface area contributed by atoms with Gasteiger partial charge in [-0.1, -0.05) is 18.2 Å². The van der Waals surface area contributed by atoms with E-state index in [1.165, 1.54) is 0 Å². The second-order valence-corrected chi connectivity index (χ2v) is 8.65. The molecule has 1 aromatic heterocycles. The van der Waals surface area contributed by atoms with Crippen molar-refractivity contribution in [1.29, 1.82) is 0 Å². The molecule has 2 aromatic carbocycles. The smallest absolute Gasteiger partial charge is 0.233 e. The number of hydrogen-bond acceptors (Lipinski definition) is 7. The number of oxazole rings is 1. The summed E-state index contributed by atoms with van der Waals surface area (Å²) in [5.41, 5.74) is 0.664. The average molecular weight is 416 g/mol. The van der Waals surface area contributed by atoms with E-state index in [1.807, 2.05) is 14.1 Å². The Kier molecular flexibility index (Phi) is 6.56. The summed E-state index contributed by atoms with van der Waals surface area (Å²) in [4.78, 5) is 6.56. The van der Waals surface area contributed by atoms with Crippen LogP contribution in [0.1, 0.15) is 6.42 Å². The van der Waals surface area contributed by atoms with Crippen molar-refractivity contribution in [2.75, 3.05) is 39.6 Å². The van der Waals surface area contributed by atoms with Crippen molar-refractivity contribution in [1.82, 2.24) is 9.88 Å². The van der Waals surface area contributed by atoms with E-state index >= 15 is 0 Å². The van der Waals surface area contributed by atoms with Crippen molar-refractivity contribution in [2.45, 2.75) is 16.3 Å². The van der Waals surface area contributed by atoms with Crippen LogP contribution in [0, 0.1) is 0 Å². The molecule has 0 aliphatic rings. The van der Waals surface area contributed by atoms with E-state index < -0.39 is 9.84 Å². The van der Waals surface area contributed by atoms with Crippen LogP contribution >= 0.6 is 0 Å². The highest BCUT2D eigenvalue weighted by molar-refractivity contribution is 7.91. The molecule has 0 saturated heterocycles. The molecule has 0 aliphatic carbocycles. The number of nitrogens with zero attached hydrogens (tertiary/aromatic N) is 2. The van der Waals surface area contributed by atoms with Gasteiger partial charge in [0.15, 0.2) is 0 Å². The van der Waals surface area contributed by atoms with Crippen LogP contribution in [0.5, 0.6) is 5.75 Å². The molecule has 7 nitrogen and oxygen atoms in total. The third-order valence-corrected chi connectivity index (χ3v) is 5.99. The zero-order chi connectivity index (χ0) is 20.9. The maximum atomic E-state index is 13.1. The van der Waals surface area contributed by atoms with E-state index in [-0.39, 0.29) is 21.7 Å². The first-order chi connectivity index (χ1) is 13.9. The number of benzene rings is 2. The summed E-state index contributed by atoms with van der Waals surface area (Å²) >= 11 is 0. The molecule has 0 bridgehead atoms. The Balaban J connectivity index is 1.96. The lowest BCUT2D eigenvalue weighted by Gasteiger charge is -2.10. The molecule has 8 heteroatoms. The van der Waals surface area contributed by atoms with E-state index in [4.69, 9.17) is 9.15 Å². The molecule has 0 unspecified atom stereocenters. The largest absolute Gasteiger partial charge is 0.497 e. The van der Waals surface area contributed by atoms with Crippen LogP contribution < -0.4 is 10.1 Å². The Bertz CT molecular complexity index is 1030. The van der Waals surface area contributed by atoms with Crippen LogP contribution in [0.3, 0.4) is 0 Å². The first kappa shape index (κ1) is 20.9. The van der Waals surface area contributed by atoms with Crippen molar-refractivity contribution in [3.05, 3.63) is 54.6 Å². The number of ether oxygens (including phenoxy) is 1. The second kappa shape index (κ2) is 9.11. The Hall–Kier alpha value is -2.84. The van der Waals surface area contributed by atoms with Crippen LogP contribution in [-0.2, 0) is 9.84 Å². The minimum absolute atomic E-state index is 0.112. The minimum atomic E-state index is -3.83. The van der Waals surface area contributed by atoms with Gasteiger partial charge in [0.2, 0.25) is 26.6 Å². The van der Waals surface area contributed by atoms with Gasteiger partial charge in [0, 0.05) is 12.1 Å². The molecule has 3 rings (SSSR count). The first-order valence-corrected chi connectivity index (χ1v) is 10.7. The van der Waals surface area contributed by atoms with Gasteiger partial charge in [0.1, 0.15) is 5.75 Å². The molecule has 1 N–H and O–H groups in total. The fourth-order valence-electron chi connectivity index (χ4n) is 2.77. The summed E-state index contributed by atoms with van der Waals surface area (Å²) in [5.74, 6) is 1.08. The number of anilines is 1. The number of rotatable bonds is 9. The van der Waals surface area contributed by atoms with E-state index in [0.717, 1.165) is 13.0 Å². The van der Waals surface area contributed by atoms with Gasteiger partial charge in [0.25, 0.3) is 0 Å². The maximum Gasteiger partial charge on any atom is 0.233 e. The van der Waals surface area contributed by atoms with Crippen LogP contribution in [0.15, 0.2) is 68.9 Å². The summed E-state index contributed by atoms with van der Waals surface area (Å²) < 4.78 is 37.3. The van der Waals surface area contributed by atoms with E-state index in [0.29, 0.717) is 17.9 Å². The number of aromatic nitrogens is 1. The minimum Gasteiger partial charge on any atom is -0.497 e. The average Bonchev–Trinajstić information content (AvgIpc) is 3.17. The third-order valence-electron chi connectivity index (χ3n) is 4.31. The van der Waals surface area contributed by atoms with Crippen molar-refractivity contribution in [3.8, 4) is 17.2 Å². The highest BCUT2D eigenvalue weighted by atomic mass is 32.2. The molecule has 0 radical (unpaired) electrons. The van der Waals surface area contributed by atoms with Crippen molar-refractivity contribution in [3.63, 3.8) is 0 Å². The Morgan fingerprint density at radius 2 is 1.76 bits per heavy atom. The predicted octanol–water partition coefficient (Wildman–Crippen LogP) is 3.55. The Morgan fingerprint density at radius 3 is 2.38 bits per heavy atom. The fourth-order valence-corrected chi connectivity index (χ4v) is 4.07. The topological polar surface area (TPSA) is 84.7 Å². The zero-order valence-corrected chi connectivity index (χ0v) is 17.6. The molecular weight excluding hydrogens is 390 g/mol. The highest BCUT2D eigenvalue weighted by Crippen LogP contribution is 2.32. The lowest BCUT2D eigenvalue weighted by Crippen LogP contribution is -2.17. The van der Waals surface area contributed by atoms with Crippen LogP contribution in [0.4, 0.5) is 5.88 Å². The first-order valence-electron chi connectivity index (χ1n) is 9.26. The molecular formula is C21H25N3O4S. The van der Waals surface area contributed by atoms with Crippen LogP contribution in [0.2, 0.25) is 0 Å². The number of nitrogens with one attached hydrogen (secondary N) is 1. The normalized spacial score (nSPS) is 11.6. The van der Waals surface area contributed by atoms with Gasteiger partial charge in [0.05, 0.1) is 12.0 Å². The Morgan fingerprint density at radius 1 is 1.07 bits per heavy atom. The molecule has 0 fully saturated rings. The summed E-state index contributed by atoms with van der Waals surface area (Å²) in [6, 6.07) is 15.3. The van der Waals surface area contributed by atoms with E-state index in [1.54, 1.807) is 61.7 Å². The van der Waals surface area contributed by atoms with E-state index in [2.05, 4.69) is 15.2 Å². The van der Waals surface area contributed by atoms with Gasteiger partial charge in [-0.15, -0.1) is 0 Å². The highest BCUT2D eigenvalue weighted by Gasteiger charge is 2.28. The SMILES string of the molecule is COc1ccc(-c2nc(S(=O)(=O)c3ccccc3)c(NCCCN(C)C)o2)cc1. The molecule has 0 spiro atoms. The molecule has 0 amide bonds. The number of sulfone groups is 1. The summed E-state index contributed by atoms with van der Waals surface area (Å²) in [7, 11) is 1.73. The van der Waals surface area contributed by atoms with E-state index in [9.17, 15) is 8.42 Å². The lowest BCUT2D eigenvalue weighted by atomic mass is 10.2. The van der Waals surface area contributed by atoms with Gasteiger partial charge in [-0.25, -0.2) is 8.42 Å². The molecule has 0 aliphatic heterocycles. The van der Waals surface area contributed by atoms with Crippen LogP contribution in [-0.4, -0.2) is 52.6 Å². The molecule has 0 atom stereocenters. The summed E-state index contributed by atoms with van der Waals surface area (Å²) in [6.45, 7) is 1.43.